The van der Waals surface area contributed by atoms with Crippen LogP contribution in [0.25, 0.3) is 11.0 Å². The highest BCUT2D eigenvalue weighted by atomic mass is 35.5. The molecule has 3 heterocycles. The molecular weight excluding hydrogens is 266 g/mol. The quantitative estimate of drug-likeness (QED) is 0.829. The van der Waals surface area contributed by atoms with Crippen LogP contribution in [-0.2, 0) is 6.54 Å². The van der Waals surface area contributed by atoms with Crippen LogP contribution in [0, 0.1) is 0 Å². The maximum absolute atomic E-state index is 11.1. The number of hydrogen-bond acceptors (Lipinski definition) is 4. The van der Waals surface area contributed by atoms with Crippen LogP contribution in [0.5, 0.6) is 0 Å². The first-order valence-corrected chi connectivity index (χ1v) is 6.58. The fraction of sp³-hybridized carbons (Fsp3) is 0.417. The lowest BCUT2D eigenvalue weighted by Crippen LogP contribution is -2.18. The van der Waals surface area contributed by atoms with E-state index in [1.54, 1.807) is 0 Å². The fourth-order valence-corrected chi connectivity index (χ4v) is 2.63. The minimum Gasteiger partial charge on any atom is -0.363 e. The zero-order chi connectivity index (χ0) is 13.4. The van der Waals surface area contributed by atoms with Crippen molar-refractivity contribution in [3.8, 4) is 0 Å². The molecule has 6 nitrogen and oxygen atoms in total. The number of aromatic nitrogens is 3. The number of halogens is 1. The predicted octanol–water partition coefficient (Wildman–Crippen LogP) is 1.31. The number of nitrogens with zero attached hydrogens (tertiary/aromatic N) is 3. The van der Waals surface area contributed by atoms with Crippen molar-refractivity contribution >= 4 is 28.5 Å². The maximum Gasteiger partial charge on any atom is 0.286 e. The van der Waals surface area contributed by atoms with Crippen LogP contribution in [0.1, 0.15) is 29.2 Å². The van der Waals surface area contributed by atoms with Gasteiger partial charge < -0.3 is 10.7 Å². The predicted molar refractivity (Wildman–Crippen MR) is 71.9 cm³/mol. The highest BCUT2D eigenvalue weighted by Gasteiger charge is 2.16. The third kappa shape index (κ3) is 2.41. The summed E-state index contributed by atoms with van der Waals surface area (Å²) in [7, 11) is 0. The van der Waals surface area contributed by atoms with Crippen LogP contribution in [0.3, 0.4) is 0 Å². The number of fused-ring (bicyclic) bond motifs is 1. The number of aromatic amines is 1. The number of amides is 1. The second-order valence-corrected chi connectivity index (χ2v) is 5.10. The monoisotopic (exact) mass is 279 g/mol. The second kappa shape index (κ2) is 4.79. The number of carbonyl (C=O) groups is 1. The molecule has 0 saturated carbocycles. The summed E-state index contributed by atoms with van der Waals surface area (Å²) in [4.78, 5) is 24.6. The first-order valence-electron chi connectivity index (χ1n) is 6.21. The van der Waals surface area contributed by atoms with Gasteiger partial charge in [0.05, 0.1) is 5.39 Å². The fourth-order valence-electron chi connectivity index (χ4n) is 2.40. The molecule has 7 heteroatoms. The Morgan fingerprint density at radius 2 is 2.16 bits per heavy atom. The van der Waals surface area contributed by atoms with Crippen molar-refractivity contribution in [1.29, 1.82) is 0 Å². The lowest BCUT2D eigenvalue weighted by molar-refractivity contribution is 0.0990. The molecule has 0 aliphatic carbocycles. The number of H-pyrrole nitrogens is 1. The van der Waals surface area contributed by atoms with E-state index < -0.39 is 5.91 Å². The Balaban J connectivity index is 1.95. The Labute approximate surface area is 115 Å². The zero-order valence-electron chi connectivity index (χ0n) is 10.3. The topological polar surface area (TPSA) is 87.9 Å². The Morgan fingerprint density at radius 1 is 1.42 bits per heavy atom. The van der Waals surface area contributed by atoms with Crippen LogP contribution in [-0.4, -0.2) is 38.8 Å². The molecule has 1 fully saturated rings. The maximum atomic E-state index is 11.1. The van der Waals surface area contributed by atoms with E-state index in [4.69, 9.17) is 17.3 Å². The summed E-state index contributed by atoms with van der Waals surface area (Å²) in [6, 6.07) is 1.93. The molecule has 0 bridgehead atoms. The van der Waals surface area contributed by atoms with E-state index in [0.717, 1.165) is 30.7 Å². The summed E-state index contributed by atoms with van der Waals surface area (Å²) in [5.41, 5.74) is 6.75. The number of nitrogens with two attached hydrogens (primary N) is 1. The van der Waals surface area contributed by atoms with Crippen molar-refractivity contribution in [1.82, 2.24) is 19.9 Å². The summed E-state index contributed by atoms with van der Waals surface area (Å²) >= 11 is 6.04. The SMILES string of the molecule is NC(=O)c1nc(Cl)c2cc(CN3CCCC3)[nH]c2n1. The summed E-state index contributed by atoms with van der Waals surface area (Å²) in [5.74, 6) is -0.744. The molecule has 1 amide bonds. The molecule has 1 saturated heterocycles. The molecular formula is C12H14ClN5O. The molecule has 1 aliphatic heterocycles. The van der Waals surface area contributed by atoms with Crippen molar-refractivity contribution in [3.63, 3.8) is 0 Å². The summed E-state index contributed by atoms with van der Waals surface area (Å²) < 4.78 is 0. The highest BCUT2D eigenvalue weighted by molar-refractivity contribution is 6.34. The van der Waals surface area contributed by atoms with E-state index in [0.29, 0.717) is 5.65 Å². The van der Waals surface area contributed by atoms with Gasteiger partial charge in [0, 0.05) is 12.2 Å². The molecule has 19 heavy (non-hydrogen) atoms. The van der Waals surface area contributed by atoms with Crippen molar-refractivity contribution < 1.29 is 4.79 Å². The number of primary amides is 1. The zero-order valence-corrected chi connectivity index (χ0v) is 11.1. The highest BCUT2D eigenvalue weighted by Crippen LogP contribution is 2.22. The van der Waals surface area contributed by atoms with Gasteiger partial charge >= 0.3 is 0 Å². The average Bonchev–Trinajstić information content (AvgIpc) is 2.98. The van der Waals surface area contributed by atoms with Gasteiger partial charge in [-0.25, -0.2) is 9.97 Å². The van der Waals surface area contributed by atoms with Crippen molar-refractivity contribution in [3.05, 3.63) is 22.7 Å². The Hall–Kier alpha value is -1.66. The molecule has 2 aromatic rings. The Morgan fingerprint density at radius 3 is 2.84 bits per heavy atom. The van der Waals surface area contributed by atoms with Crippen molar-refractivity contribution in [2.75, 3.05) is 13.1 Å². The largest absolute Gasteiger partial charge is 0.363 e. The van der Waals surface area contributed by atoms with Gasteiger partial charge in [-0.05, 0) is 32.0 Å². The summed E-state index contributed by atoms with van der Waals surface area (Å²) in [6.07, 6.45) is 2.49. The first-order chi connectivity index (χ1) is 9.13. The average molecular weight is 280 g/mol. The normalized spacial score (nSPS) is 16.3. The molecule has 100 valence electrons. The smallest absolute Gasteiger partial charge is 0.286 e. The summed E-state index contributed by atoms with van der Waals surface area (Å²) in [5, 5.41) is 0.976. The number of rotatable bonds is 3. The van der Waals surface area contributed by atoms with E-state index >= 15 is 0 Å². The van der Waals surface area contributed by atoms with E-state index in [2.05, 4.69) is 19.9 Å². The number of carbonyl (C=O) groups excluding carboxylic acids is 1. The van der Waals surface area contributed by atoms with Crippen LogP contribution in [0.15, 0.2) is 6.07 Å². The minimum absolute atomic E-state index is 0.0629. The van der Waals surface area contributed by atoms with E-state index in [1.807, 2.05) is 6.07 Å². The Kier molecular flexibility index (Phi) is 3.12. The van der Waals surface area contributed by atoms with Gasteiger partial charge in [-0.1, -0.05) is 11.6 Å². The molecule has 0 radical (unpaired) electrons. The molecule has 0 spiro atoms. The Bertz CT molecular complexity index is 632. The van der Waals surface area contributed by atoms with E-state index in [-0.39, 0.29) is 11.0 Å². The lowest BCUT2D eigenvalue weighted by Gasteiger charge is -2.12. The van der Waals surface area contributed by atoms with Crippen molar-refractivity contribution in [2.45, 2.75) is 19.4 Å². The molecule has 0 aromatic carbocycles. The van der Waals surface area contributed by atoms with Gasteiger partial charge in [-0.15, -0.1) is 0 Å². The van der Waals surface area contributed by atoms with Crippen LogP contribution in [0.4, 0.5) is 0 Å². The van der Waals surface area contributed by atoms with Gasteiger partial charge in [0.2, 0.25) is 5.82 Å². The van der Waals surface area contributed by atoms with E-state index in [9.17, 15) is 4.79 Å². The third-order valence-electron chi connectivity index (χ3n) is 3.31. The standard InChI is InChI=1S/C12H14ClN5O/c13-9-8-5-7(6-18-3-1-2-4-18)15-11(8)17-12(16-9)10(14)19/h5H,1-4,6H2,(H2,14,19)(H,15,16,17). The molecule has 0 atom stereocenters. The molecule has 2 aromatic heterocycles. The third-order valence-corrected chi connectivity index (χ3v) is 3.60. The minimum atomic E-state index is -0.681. The van der Waals surface area contributed by atoms with Crippen LogP contribution < -0.4 is 5.73 Å². The van der Waals surface area contributed by atoms with Gasteiger partial charge in [-0.2, -0.15) is 0 Å². The van der Waals surface area contributed by atoms with E-state index in [1.165, 1.54) is 12.8 Å². The first kappa shape index (κ1) is 12.4. The number of likely N-dealkylation sites (tertiary alicyclic amines) is 1. The van der Waals surface area contributed by atoms with Gasteiger partial charge in [0.25, 0.3) is 5.91 Å². The lowest BCUT2D eigenvalue weighted by atomic mass is 10.3. The van der Waals surface area contributed by atoms with Gasteiger partial charge in [0.1, 0.15) is 10.8 Å². The van der Waals surface area contributed by atoms with Crippen molar-refractivity contribution in [2.24, 2.45) is 5.73 Å². The number of hydrogen-bond donors (Lipinski definition) is 2. The molecule has 0 unspecified atom stereocenters. The van der Waals surface area contributed by atoms with Gasteiger partial charge in [0.15, 0.2) is 0 Å². The molecule has 1 aliphatic rings. The molecule has 3 N–H and O–H groups in total. The number of nitrogens with one attached hydrogen (secondary N) is 1. The summed E-state index contributed by atoms with van der Waals surface area (Å²) in [6.45, 7) is 3.06. The second-order valence-electron chi connectivity index (χ2n) is 4.74. The van der Waals surface area contributed by atoms with Crippen LogP contribution in [0.2, 0.25) is 5.15 Å². The molecule has 3 rings (SSSR count). The van der Waals surface area contributed by atoms with Crippen LogP contribution >= 0.6 is 11.6 Å². The van der Waals surface area contributed by atoms with Gasteiger partial charge in [-0.3, -0.25) is 9.69 Å².